The van der Waals surface area contributed by atoms with E-state index in [4.69, 9.17) is 9.05 Å². The van der Waals surface area contributed by atoms with Gasteiger partial charge in [0.05, 0.1) is 27.4 Å². The van der Waals surface area contributed by atoms with Crippen molar-refractivity contribution in [3.05, 3.63) is 11.8 Å². The zero-order valence-corrected chi connectivity index (χ0v) is 17.1. The van der Waals surface area contributed by atoms with Crippen LogP contribution in [0.5, 0.6) is 0 Å². The number of unbranched alkanes of at least 4 members (excludes halogenated alkanes) is 2. The van der Waals surface area contributed by atoms with Crippen molar-refractivity contribution in [2.75, 3.05) is 13.2 Å². The minimum atomic E-state index is -3.33. The number of aliphatic hydroxyl groups is 1. The van der Waals surface area contributed by atoms with Gasteiger partial charge in [-0.05, 0) is 20.3 Å². The fourth-order valence-electron chi connectivity index (χ4n) is 2.18. The van der Waals surface area contributed by atoms with Gasteiger partial charge in [-0.2, -0.15) is 0 Å². The molecule has 4 nitrogen and oxygen atoms in total. The van der Waals surface area contributed by atoms with E-state index in [9.17, 15) is 9.67 Å². The molecule has 0 aromatic rings. The summed E-state index contributed by atoms with van der Waals surface area (Å²) >= 11 is 0. The molecule has 0 rings (SSSR count). The van der Waals surface area contributed by atoms with Crippen molar-refractivity contribution in [2.45, 2.75) is 77.9 Å². The van der Waals surface area contributed by atoms with Crippen LogP contribution in [0.15, 0.2) is 11.8 Å². The molecule has 0 aliphatic rings. The van der Waals surface area contributed by atoms with Gasteiger partial charge in [-0.15, -0.1) is 0 Å². The summed E-state index contributed by atoms with van der Waals surface area (Å²) in [4.78, 5) is 0. The number of hydrogen-bond acceptors (Lipinski definition) is 4. The fraction of sp³-hybridized carbons (Fsp3) is 0.875. The first kappa shape index (κ1) is 22.1. The van der Waals surface area contributed by atoms with Crippen molar-refractivity contribution >= 4 is 15.7 Å². The predicted molar refractivity (Wildman–Crippen MR) is 97.3 cm³/mol. The zero-order valence-electron chi connectivity index (χ0n) is 15.2. The molecule has 1 N–H and O–H groups in total. The average molecular weight is 351 g/mol. The topological polar surface area (TPSA) is 55.8 Å². The summed E-state index contributed by atoms with van der Waals surface area (Å²) in [6.07, 6.45) is 4.90. The Morgan fingerprint density at radius 1 is 1.09 bits per heavy atom. The second-order valence-electron chi connectivity index (χ2n) is 6.65. The second kappa shape index (κ2) is 10.8. The first-order valence-electron chi connectivity index (χ1n) is 8.46. The molecule has 132 valence electrons. The van der Waals surface area contributed by atoms with Gasteiger partial charge in [-0.3, -0.25) is 4.57 Å². The minimum absolute atomic E-state index is 0.316. The fourth-order valence-corrected chi connectivity index (χ4v) is 5.13. The summed E-state index contributed by atoms with van der Waals surface area (Å²) in [7, 11) is -4.79. The number of hydrogen-bond donors (Lipinski definition) is 1. The van der Waals surface area contributed by atoms with Crippen molar-refractivity contribution in [3.63, 3.8) is 0 Å². The molecule has 22 heavy (non-hydrogen) atoms. The average Bonchev–Trinajstić information content (AvgIpc) is 2.38. The normalized spacial score (nSPS) is 16.1. The van der Waals surface area contributed by atoms with Crippen LogP contribution in [0.1, 0.15) is 46.5 Å². The molecule has 0 fully saturated rings. The highest BCUT2D eigenvalue weighted by Gasteiger charge is 2.38. The van der Waals surface area contributed by atoms with Crippen LogP contribution in [0.3, 0.4) is 0 Å². The van der Waals surface area contributed by atoms with Crippen LogP contribution < -0.4 is 0 Å². The molecule has 0 saturated heterocycles. The van der Waals surface area contributed by atoms with E-state index in [1.165, 1.54) is 0 Å². The van der Waals surface area contributed by atoms with E-state index in [0.717, 1.165) is 19.3 Å². The van der Waals surface area contributed by atoms with Crippen molar-refractivity contribution in [1.29, 1.82) is 0 Å². The minimum Gasteiger partial charge on any atom is -0.392 e. The van der Waals surface area contributed by atoms with E-state index in [1.807, 2.05) is 6.08 Å². The Kier molecular flexibility index (Phi) is 10.8. The molecule has 2 atom stereocenters. The van der Waals surface area contributed by atoms with Crippen LogP contribution in [0.2, 0.25) is 19.6 Å². The SMILES string of the molecule is CCCCC[C@@H](O)[C@@H](/C=C/[Si](C)(C)C)P(=O)(OCC)OCC. The third-order valence-electron chi connectivity index (χ3n) is 3.27. The van der Waals surface area contributed by atoms with E-state index in [2.05, 4.69) is 32.3 Å². The van der Waals surface area contributed by atoms with Crippen LogP contribution >= 0.6 is 7.60 Å². The van der Waals surface area contributed by atoms with Crippen molar-refractivity contribution < 1.29 is 18.7 Å². The highest BCUT2D eigenvalue weighted by atomic mass is 31.2. The summed E-state index contributed by atoms with van der Waals surface area (Å²) < 4.78 is 24.0. The largest absolute Gasteiger partial charge is 0.392 e. The summed E-state index contributed by atoms with van der Waals surface area (Å²) in [6, 6.07) is 0. The quantitative estimate of drug-likeness (QED) is 0.306. The molecule has 0 spiro atoms. The summed E-state index contributed by atoms with van der Waals surface area (Å²) in [6.45, 7) is 13.0. The van der Waals surface area contributed by atoms with Crippen LogP contribution in [0.4, 0.5) is 0 Å². The molecule has 0 bridgehead atoms. The molecular formula is C16H35O4PSi. The zero-order chi connectivity index (χ0) is 17.2. The van der Waals surface area contributed by atoms with Crippen molar-refractivity contribution in [2.24, 2.45) is 0 Å². The molecule has 0 radical (unpaired) electrons. The number of aliphatic hydroxyl groups excluding tert-OH is 1. The Bertz CT molecular complexity index is 356. The van der Waals surface area contributed by atoms with E-state index >= 15 is 0 Å². The first-order valence-corrected chi connectivity index (χ1v) is 13.6. The Morgan fingerprint density at radius 2 is 1.64 bits per heavy atom. The third-order valence-corrected chi connectivity index (χ3v) is 6.95. The molecule has 0 amide bonds. The van der Waals surface area contributed by atoms with E-state index in [1.54, 1.807) is 13.8 Å². The van der Waals surface area contributed by atoms with Crippen LogP contribution in [0.25, 0.3) is 0 Å². The predicted octanol–water partition coefficient (Wildman–Crippen LogP) is 5.00. The molecule has 0 aromatic heterocycles. The highest BCUT2D eigenvalue weighted by Crippen LogP contribution is 2.55. The summed E-state index contributed by atoms with van der Waals surface area (Å²) in [5.74, 6) is 0. The molecule has 6 heteroatoms. The van der Waals surface area contributed by atoms with E-state index in [0.29, 0.717) is 19.6 Å². The lowest BCUT2D eigenvalue weighted by molar-refractivity contribution is 0.141. The maximum atomic E-state index is 13.1. The smallest absolute Gasteiger partial charge is 0.340 e. The Balaban J connectivity index is 5.28. The molecular weight excluding hydrogens is 315 g/mol. The standard InChI is InChI=1S/C16H35O4PSi/c1-7-10-11-12-15(17)16(13-14-22(4,5)6)21(18,19-8-2)20-9-3/h13-17H,7-12H2,1-6H3/b14-13+/t15-,16-/m1/s1. The lowest BCUT2D eigenvalue weighted by Crippen LogP contribution is -2.28. The molecule has 0 unspecified atom stereocenters. The van der Waals surface area contributed by atoms with Crippen LogP contribution in [-0.4, -0.2) is 38.2 Å². The van der Waals surface area contributed by atoms with Gasteiger partial charge in [0.15, 0.2) is 0 Å². The lowest BCUT2D eigenvalue weighted by Gasteiger charge is -2.28. The Morgan fingerprint density at radius 3 is 2.05 bits per heavy atom. The number of rotatable bonds is 12. The molecule has 0 aromatic carbocycles. The van der Waals surface area contributed by atoms with Crippen molar-refractivity contribution in [3.8, 4) is 0 Å². The van der Waals surface area contributed by atoms with Crippen LogP contribution in [0, 0.1) is 0 Å². The maximum Gasteiger partial charge on any atom is 0.340 e. The molecule has 0 heterocycles. The van der Waals surface area contributed by atoms with Gasteiger partial charge >= 0.3 is 7.60 Å². The van der Waals surface area contributed by atoms with Gasteiger partial charge in [0, 0.05) is 0 Å². The van der Waals surface area contributed by atoms with Gasteiger partial charge in [0.25, 0.3) is 0 Å². The van der Waals surface area contributed by atoms with Gasteiger partial charge in [-0.25, -0.2) is 0 Å². The van der Waals surface area contributed by atoms with E-state index < -0.39 is 27.4 Å². The van der Waals surface area contributed by atoms with Gasteiger partial charge in [0.1, 0.15) is 5.66 Å². The summed E-state index contributed by atoms with van der Waals surface area (Å²) in [5.41, 5.74) is 1.54. The maximum absolute atomic E-state index is 13.1. The molecule has 0 aliphatic carbocycles. The monoisotopic (exact) mass is 350 g/mol. The van der Waals surface area contributed by atoms with E-state index in [-0.39, 0.29) is 0 Å². The third kappa shape index (κ3) is 8.63. The summed E-state index contributed by atoms with van der Waals surface area (Å²) in [5, 5.41) is 10.6. The lowest BCUT2D eigenvalue weighted by atomic mass is 10.1. The molecule has 0 aliphatic heterocycles. The Hall–Kier alpha value is 0.0669. The molecule has 0 saturated carbocycles. The van der Waals surface area contributed by atoms with Gasteiger partial charge < -0.3 is 14.2 Å². The van der Waals surface area contributed by atoms with Gasteiger partial charge in [-0.1, -0.05) is 57.6 Å². The Labute approximate surface area is 137 Å². The first-order chi connectivity index (χ1) is 10.2. The van der Waals surface area contributed by atoms with Crippen molar-refractivity contribution in [1.82, 2.24) is 0 Å². The van der Waals surface area contributed by atoms with Crippen LogP contribution in [-0.2, 0) is 13.6 Å². The second-order valence-corrected chi connectivity index (χ2v) is 13.9. The highest BCUT2D eigenvalue weighted by molar-refractivity contribution is 7.55. The van der Waals surface area contributed by atoms with Gasteiger partial charge in [0.2, 0.25) is 0 Å².